The van der Waals surface area contributed by atoms with E-state index in [-0.39, 0.29) is 0 Å². The number of hydrogen-bond acceptors (Lipinski definition) is 3. The fourth-order valence-corrected chi connectivity index (χ4v) is 2.37. The number of aliphatic imine (C=N–C) groups is 1. The van der Waals surface area contributed by atoms with Crippen LogP contribution >= 0.6 is 0 Å². The van der Waals surface area contributed by atoms with Crippen LogP contribution in [0.5, 0.6) is 0 Å². The first-order valence-corrected chi connectivity index (χ1v) is 7.11. The molecule has 2 rings (SSSR count). The highest BCUT2D eigenvalue weighted by molar-refractivity contribution is 5.77. The molecule has 1 heterocycles. The molecule has 5 heteroatoms. The van der Waals surface area contributed by atoms with Crippen molar-refractivity contribution in [1.82, 2.24) is 10.2 Å². The second-order valence-corrected chi connectivity index (χ2v) is 5.40. The third-order valence-corrected chi connectivity index (χ3v) is 3.99. The molecule has 0 amide bonds. The van der Waals surface area contributed by atoms with Crippen molar-refractivity contribution in [1.29, 1.82) is 0 Å². The third kappa shape index (κ3) is 4.14. The lowest BCUT2D eigenvalue weighted by atomic mass is 9.85. The number of nitrogens with two attached hydrogens (primary N) is 1. The molecule has 1 saturated carbocycles. The highest BCUT2D eigenvalue weighted by Crippen LogP contribution is 2.24. The number of ether oxygens (including phenoxy) is 1. The minimum Gasteiger partial charge on any atom is -0.379 e. The minimum absolute atomic E-state index is 0.443. The number of hydrogen-bond donors (Lipinski definition) is 2. The Balaban J connectivity index is 1.64. The Morgan fingerprint density at radius 3 is 2.78 bits per heavy atom. The lowest BCUT2D eigenvalue weighted by Gasteiger charge is -2.31. The molecule has 0 spiro atoms. The van der Waals surface area contributed by atoms with Gasteiger partial charge in [-0.1, -0.05) is 6.42 Å². The van der Waals surface area contributed by atoms with E-state index in [0.29, 0.717) is 12.0 Å². The van der Waals surface area contributed by atoms with E-state index in [1.165, 1.54) is 19.3 Å². The van der Waals surface area contributed by atoms with Crippen LogP contribution in [-0.2, 0) is 4.74 Å². The molecule has 0 aromatic heterocycles. The van der Waals surface area contributed by atoms with Crippen LogP contribution < -0.4 is 11.1 Å². The van der Waals surface area contributed by atoms with Gasteiger partial charge in [0.05, 0.1) is 19.8 Å². The summed E-state index contributed by atoms with van der Waals surface area (Å²) in [5, 5.41) is 3.23. The summed E-state index contributed by atoms with van der Waals surface area (Å²) in [7, 11) is 0. The molecule has 1 aliphatic carbocycles. The van der Waals surface area contributed by atoms with E-state index in [2.05, 4.69) is 22.1 Å². The second-order valence-electron chi connectivity index (χ2n) is 5.40. The topological polar surface area (TPSA) is 62.9 Å². The van der Waals surface area contributed by atoms with Crippen LogP contribution in [0.2, 0.25) is 0 Å². The van der Waals surface area contributed by atoms with Crippen LogP contribution in [0.1, 0.15) is 26.2 Å². The largest absolute Gasteiger partial charge is 0.379 e. The zero-order chi connectivity index (χ0) is 12.8. The van der Waals surface area contributed by atoms with Crippen molar-refractivity contribution < 1.29 is 4.74 Å². The zero-order valence-corrected chi connectivity index (χ0v) is 11.4. The number of morpholine rings is 1. The number of nitrogens with one attached hydrogen (secondary N) is 1. The standard InChI is InChI=1S/C13H26N4O/c1-11(17-5-7-18-8-6-17)9-15-13(14)16-10-12-3-2-4-12/h11-12H,2-10H2,1H3,(H3,14,15,16). The maximum absolute atomic E-state index is 5.87. The summed E-state index contributed by atoms with van der Waals surface area (Å²) in [5.74, 6) is 1.41. The number of nitrogens with zero attached hydrogens (tertiary/aromatic N) is 2. The molecule has 0 aromatic rings. The van der Waals surface area contributed by atoms with Gasteiger partial charge >= 0.3 is 0 Å². The molecule has 1 atom stereocenters. The first-order valence-electron chi connectivity index (χ1n) is 7.11. The van der Waals surface area contributed by atoms with Gasteiger partial charge in [-0.05, 0) is 25.7 Å². The second kappa shape index (κ2) is 6.95. The van der Waals surface area contributed by atoms with Crippen molar-refractivity contribution in [3.8, 4) is 0 Å². The lowest BCUT2D eigenvalue weighted by molar-refractivity contribution is 0.0220. The van der Waals surface area contributed by atoms with Gasteiger partial charge in [0.1, 0.15) is 0 Å². The molecule has 18 heavy (non-hydrogen) atoms. The van der Waals surface area contributed by atoms with Crippen molar-refractivity contribution in [2.75, 3.05) is 39.4 Å². The Bertz CT molecular complexity index is 272. The summed E-state index contributed by atoms with van der Waals surface area (Å²) in [6.45, 7) is 7.64. The summed E-state index contributed by atoms with van der Waals surface area (Å²) in [5.41, 5.74) is 5.87. The molecule has 104 valence electrons. The Morgan fingerprint density at radius 2 is 2.17 bits per heavy atom. The van der Waals surface area contributed by atoms with Gasteiger partial charge in [0.2, 0.25) is 0 Å². The molecular formula is C13H26N4O. The Labute approximate surface area is 110 Å². The van der Waals surface area contributed by atoms with Gasteiger partial charge in [-0.25, -0.2) is 0 Å². The molecule has 2 aliphatic rings. The summed E-state index contributed by atoms with van der Waals surface area (Å²) < 4.78 is 5.34. The molecular weight excluding hydrogens is 228 g/mol. The molecule has 0 aromatic carbocycles. The van der Waals surface area contributed by atoms with E-state index >= 15 is 0 Å². The summed E-state index contributed by atoms with van der Waals surface area (Å²) in [4.78, 5) is 6.84. The fraction of sp³-hybridized carbons (Fsp3) is 0.923. The molecule has 2 fully saturated rings. The van der Waals surface area contributed by atoms with Gasteiger partial charge in [-0.15, -0.1) is 0 Å². The van der Waals surface area contributed by atoms with E-state index in [1.54, 1.807) is 0 Å². The summed E-state index contributed by atoms with van der Waals surface area (Å²) in [6.07, 6.45) is 4.05. The molecule has 1 saturated heterocycles. The molecule has 1 aliphatic heterocycles. The minimum atomic E-state index is 0.443. The van der Waals surface area contributed by atoms with Crippen molar-refractivity contribution in [3.63, 3.8) is 0 Å². The quantitative estimate of drug-likeness (QED) is 0.551. The monoisotopic (exact) mass is 254 g/mol. The normalized spacial score (nSPS) is 24.6. The van der Waals surface area contributed by atoms with Crippen molar-refractivity contribution in [3.05, 3.63) is 0 Å². The Morgan fingerprint density at radius 1 is 1.44 bits per heavy atom. The predicted molar refractivity (Wildman–Crippen MR) is 73.7 cm³/mol. The van der Waals surface area contributed by atoms with Crippen LogP contribution in [0.25, 0.3) is 0 Å². The van der Waals surface area contributed by atoms with Crippen LogP contribution in [0.15, 0.2) is 4.99 Å². The summed E-state index contributed by atoms with van der Waals surface area (Å²) in [6, 6.07) is 0.443. The molecule has 0 bridgehead atoms. The van der Waals surface area contributed by atoms with E-state index in [1.807, 2.05) is 0 Å². The number of rotatable bonds is 5. The van der Waals surface area contributed by atoms with Crippen LogP contribution in [-0.4, -0.2) is 56.3 Å². The average molecular weight is 254 g/mol. The highest BCUT2D eigenvalue weighted by atomic mass is 16.5. The highest BCUT2D eigenvalue weighted by Gasteiger charge is 2.18. The predicted octanol–water partition coefficient (Wildman–Crippen LogP) is 0.412. The maximum Gasteiger partial charge on any atom is 0.188 e. The molecule has 3 N–H and O–H groups in total. The van der Waals surface area contributed by atoms with E-state index in [9.17, 15) is 0 Å². The summed E-state index contributed by atoms with van der Waals surface area (Å²) >= 11 is 0. The third-order valence-electron chi connectivity index (χ3n) is 3.99. The smallest absolute Gasteiger partial charge is 0.188 e. The first-order chi connectivity index (χ1) is 8.75. The molecule has 5 nitrogen and oxygen atoms in total. The van der Waals surface area contributed by atoms with E-state index < -0.39 is 0 Å². The Kier molecular flexibility index (Phi) is 5.26. The van der Waals surface area contributed by atoms with Crippen LogP contribution in [0.3, 0.4) is 0 Å². The van der Waals surface area contributed by atoms with Gasteiger partial charge in [0.25, 0.3) is 0 Å². The van der Waals surface area contributed by atoms with Crippen LogP contribution in [0, 0.1) is 5.92 Å². The lowest BCUT2D eigenvalue weighted by Crippen LogP contribution is -2.44. The van der Waals surface area contributed by atoms with Gasteiger partial charge in [-0.3, -0.25) is 9.89 Å². The first kappa shape index (κ1) is 13.6. The fourth-order valence-electron chi connectivity index (χ4n) is 2.37. The molecule has 1 unspecified atom stereocenters. The van der Waals surface area contributed by atoms with Gasteiger partial charge < -0.3 is 15.8 Å². The van der Waals surface area contributed by atoms with Crippen molar-refractivity contribution in [2.24, 2.45) is 16.6 Å². The van der Waals surface area contributed by atoms with Crippen LogP contribution in [0.4, 0.5) is 0 Å². The van der Waals surface area contributed by atoms with E-state index in [0.717, 1.165) is 45.3 Å². The van der Waals surface area contributed by atoms with Crippen molar-refractivity contribution >= 4 is 5.96 Å². The molecule has 0 radical (unpaired) electrons. The maximum atomic E-state index is 5.87. The average Bonchev–Trinajstić information content (AvgIpc) is 2.35. The van der Waals surface area contributed by atoms with Gasteiger partial charge in [-0.2, -0.15) is 0 Å². The number of guanidine groups is 1. The van der Waals surface area contributed by atoms with Gasteiger partial charge in [0.15, 0.2) is 5.96 Å². The Hall–Kier alpha value is -0.810. The van der Waals surface area contributed by atoms with Gasteiger partial charge in [0, 0.05) is 25.7 Å². The van der Waals surface area contributed by atoms with E-state index in [4.69, 9.17) is 10.5 Å². The van der Waals surface area contributed by atoms with Crippen molar-refractivity contribution in [2.45, 2.75) is 32.2 Å². The SMILES string of the molecule is CC(CN=C(N)NCC1CCC1)N1CCOCC1. The zero-order valence-electron chi connectivity index (χ0n) is 11.4.